The van der Waals surface area contributed by atoms with E-state index < -0.39 is 6.04 Å². The van der Waals surface area contributed by atoms with Gasteiger partial charge in [-0.05, 0) is 81.9 Å². The topological polar surface area (TPSA) is 117 Å². The van der Waals surface area contributed by atoms with Crippen LogP contribution in [0, 0.1) is 6.92 Å². The number of benzene rings is 2. The summed E-state index contributed by atoms with van der Waals surface area (Å²) in [6.45, 7) is 5.10. The Labute approximate surface area is 258 Å². The Morgan fingerprint density at radius 1 is 1.02 bits per heavy atom. The van der Waals surface area contributed by atoms with Crippen LogP contribution in [0.2, 0.25) is 0 Å². The second-order valence-corrected chi connectivity index (χ2v) is 12.7. The highest BCUT2D eigenvalue weighted by atomic mass is 16.2. The molecule has 2 aromatic carbocycles. The molecule has 44 heavy (non-hydrogen) atoms. The van der Waals surface area contributed by atoms with E-state index in [-0.39, 0.29) is 24.0 Å². The van der Waals surface area contributed by atoms with Gasteiger partial charge in [-0.15, -0.1) is 0 Å². The van der Waals surface area contributed by atoms with Crippen LogP contribution in [0.3, 0.4) is 0 Å². The van der Waals surface area contributed by atoms with E-state index in [0.29, 0.717) is 58.0 Å². The number of carbonyl (C=O) groups is 3. The summed E-state index contributed by atoms with van der Waals surface area (Å²) in [7, 11) is 4.17. The lowest BCUT2D eigenvalue weighted by molar-refractivity contribution is -0.134. The van der Waals surface area contributed by atoms with Crippen molar-refractivity contribution in [1.82, 2.24) is 35.1 Å². The van der Waals surface area contributed by atoms with Crippen molar-refractivity contribution < 1.29 is 14.4 Å². The number of nitrogens with zero attached hydrogens (tertiary/aromatic N) is 5. The van der Waals surface area contributed by atoms with Gasteiger partial charge in [-0.3, -0.25) is 9.89 Å². The number of rotatable bonds is 6. The lowest BCUT2D eigenvalue weighted by Crippen LogP contribution is -2.57. The lowest BCUT2D eigenvalue weighted by atomic mass is 9.98. The number of nitrogens with one attached hydrogen (secondary N) is 3. The van der Waals surface area contributed by atoms with Gasteiger partial charge < -0.3 is 30.2 Å². The number of para-hydroxylation sites is 1. The molecule has 11 heteroatoms. The molecule has 0 bridgehead atoms. The number of aromatic amines is 1. The number of aromatic nitrogens is 2. The van der Waals surface area contributed by atoms with Gasteiger partial charge in [0, 0.05) is 62.3 Å². The standard InChI is InChI=1S/C33H44N8O3/c1-22-18-23(19-25-21-34-37-30(22)25)20-29(31(42)39-13-9-26(10-14-39)38(2)3)36-32(43)40-15-11-27(12-16-40)41-17-8-24-6-4-5-7-28(24)35-33(41)44/h4-7,18-19,21,26-27,29H,8-17,20H2,1-3H3,(H,34,37)(H,35,44)(H,36,43). The number of likely N-dealkylation sites (tertiary alicyclic amines) is 2. The van der Waals surface area contributed by atoms with Crippen molar-refractivity contribution in [3.8, 4) is 0 Å². The Kier molecular flexibility index (Phi) is 8.74. The molecule has 234 valence electrons. The number of amides is 5. The first-order chi connectivity index (χ1) is 21.3. The summed E-state index contributed by atoms with van der Waals surface area (Å²) in [4.78, 5) is 48.5. The van der Waals surface area contributed by atoms with Crippen molar-refractivity contribution >= 4 is 34.6 Å². The highest BCUT2D eigenvalue weighted by Gasteiger charge is 2.34. The molecule has 4 heterocycles. The van der Waals surface area contributed by atoms with Gasteiger partial charge in [-0.25, -0.2) is 9.59 Å². The van der Waals surface area contributed by atoms with Crippen LogP contribution in [0.25, 0.3) is 10.9 Å². The number of H-pyrrole nitrogens is 1. The van der Waals surface area contributed by atoms with Crippen molar-refractivity contribution in [2.45, 2.75) is 63.6 Å². The number of anilines is 1. The summed E-state index contributed by atoms with van der Waals surface area (Å²) in [5.74, 6) is -0.0313. The SMILES string of the molecule is Cc1cc(CC(NC(=O)N2CCC(N3CCc4ccccc4NC3=O)CC2)C(=O)N2CCC(N(C)C)CC2)cc2cn[nH]c12. The van der Waals surface area contributed by atoms with Crippen molar-refractivity contribution in [3.05, 3.63) is 59.3 Å². The molecule has 3 N–H and O–H groups in total. The Hall–Kier alpha value is -4.12. The fourth-order valence-corrected chi connectivity index (χ4v) is 7.05. The Morgan fingerprint density at radius 2 is 1.75 bits per heavy atom. The maximum absolute atomic E-state index is 13.9. The Bertz CT molecular complexity index is 1500. The summed E-state index contributed by atoms with van der Waals surface area (Å²) in [6.07, 6.45) is 6.24. The maximum atomic E-state index is 13.9. The van der Waals surface area contributed by atoms with Crippen LogP contribution in [0.15, 0.2) is 42.6 Å². The first kappa shape index (κ1) is 29.9. The van der Waals surface area contributed by atoms with E-state index in [1.54, 1.807) is 11.1 Å². The minimum Gasteiger partial charge on any atom is -0.341 e. The molecule has 3 aliphatic rings. The zero-order valence-corrected chi connectivity index (χ0v) is 26.0. The molecule has 6 rings (SSSR count). The molecule has 2 saturated heterocycles. The quantitative estimate of drug-likeness (QED) is 0.400. The van der Waals surface area contributed by atoms with Crippen molar-refractivity contribution in [3.63, 3.8) is 0 Å². The van der Waals surface area contributed by atoms with Crippen LogP contribution < -0.4 is 10.6 Å². The van der Waals surface area contributed by atoms with Crippen LogP contribution in [0.1, 0.15) is 42.4 Å². The Balaban J connectivity index is 1.11. The van der Waals surface area contributed by atoms with E-state index in [9.17, 15) is 14.4 Å². The summed E-state index contributed by atoms with van der Waals surface area (Å²) in [6, 6.07) is 11.6. The third kappa shape index (κ3) is 6.38. The highest BCUT2D eigenvalue weighted by molar-refractivity contribution is 5.91. The van der Waals surface area contributed by atoms with E-state index in [1.807, 2.05) is 41.0 Å². The van der Waals surface area contributed by atoms with E-state index in [1.165, 1.54) is 0 Å². The highest BCUT2D eigenvalue weighted by Crippen LogP contribution is 2.25. The number of hydrogen-bond acceptors (Lipinski definition) is 5. The molecule has 0 aliphatic carbocycles. The van der Waals surface area contributed by atoms with Crippen molar-refractivity contribution in [2.24, 2.45) is 0 Å². The number of urea groups is 2. The minimum absolute atomic E-state index is 0.0313. The third-order valence-corrected chi connectivity index (χ3v) is 9.68. The van der Waals surface area contributed by atoms with Crippen LogP contribution in [0.4, 0.5) is 15.3 Å². The molecule has 3 aromatic rings. The van der Waals surface area contributed by atoms with Gasteiger partial charge in [-0.2, -0.15) is 5.10 Å². The van der Waals surface area contributed by atoms with E-state index >= 15 is 0 Å². The zero-order valence-electron chi connectivity index (χ0n) is 26.0. The number of hydrogen-bond donors (Lipinski definition) is 3. The van der Waals surface area contributed by atoms with E-state index in [2.05, 4.69) is 52.0 Å². The molecule has 0 saturated carbocycles. The van der Waals surface area contributed by atoms with Crippen LogP contribution in [-0.4, -0.2) is 113 Å². The summed E-state index contributed by atoms with van der Waals surface area (Å²) < 4.78 is 0. The van der Waals surface area contributed by atoms with E-state index in [4.69, 9.17) is 0 Å². The third-order valence-electron chi connectivity index (χ3n) is 9.68. The molecule has 11 nitrogen and oxygen atoms in total. The predicted octanol–water partition coefficient (Wildman–Crippen LogP) is 3.60. The molecule has 1 aromatic heterocycles. The molecular weight excluding hydrogens is 556 g/mol. The van der Waals surface area contributed by atoms with Gasteiger partial charge in [0.05, 0.1) is 11.7 Å². The molecule has 3 aliphatic heterocycles. The number of carbonyl (C=O) groups excluding carboxylic acids is 3. The molecule has 0 radical (unpaired) electrons. The van der Waals surface area contributed by atoms with Crippen LogP contribution >= 0.6 is 0 Å². The second-order valence-electron chi connectivity index (χ2n) is 12.7. The average molecular weight is 601 g/mol. The van der Waals surface area contributed by atoms with Crippen LogP contribution in [0.5, 0.6) is 0 Å². The molecule has 1 atom stereocenters. The average Bonchev–Trinajstić information content (AvgIpc) is 3.44. The van der Waals surface area contributed by atoms with Crippen molar-refractivity contribution in [2.75, 3.05) is 52.1 Å². The lowest BCUT2D eigenvalue weighted by Gasteiger charge is -2.39. The van der Waals surface area contributed by atoms with Gasteiger partial charge in [0.15, 0.2) is 0 Å². The van der Waals surface area contributed by atoms with Gasteiger partial charge >= 0.3 is 12.1 Å². The van der Waals surface area contributed by atoms with Gasteiger partial charge in [0.2, 0.25) is 5.91 Å². The maximum Gasteiger partial charge on any atom is 0.322 e. The molecule has 2 fully saturated rings. The van der Waals surface area contributed by atoms with Crippen molar-refractivity contribution in [1.29, 1.82) is 0 Å². The number of fused-ring (bicyclic) bond motifs is 2. The summed E-state index contributed by atoms with van der Waals surface area (Å²) in [5, 5.41) is 14.4. The predicted molar refractivity (Wildman–Crippen MR) is 171 cm³/mol. The van der Waals surface area contributed by atoms with Gasteiger partial charge in [-0.1, -0.05) is 24.3 Å². The summed E-state index contributed by atoms with van der Waals surface area (Å²) in [5.41, 5.74) is 5.05. The minimum atomic E-state index is -0.672. The molecule has 0 spiro atoms. The first-order valence-corrected chi connectivity index (χ1v) is 15.9. The fourth-order valence-electron chi connectivity index (χ4n) is 7.05. The smallest absolute Gasteiger partial charge is 0.322 e. The molecule has 5 amide bonds. The normalized spacial score (nSPS) is 19.1. The second kappa shape index (κ2) is 12.9. The van der Waals surface area contributed by atoms with E-state index in [0.717, 1.165) is 52.5 Å². The monoisotopic (exact) mass is 600 g/mol. The Morgan fingerprint density at radius 3 is 2.50 bits per heavy atom. The molecular formula is C33H44N8O3. The first-order valence-electron chi connectivity index (χ1n) is 15.9. The van der Waals surface area contributed by atoms with Crippen LogP contribution in [-0.2, 0) is 17.6 Å². The van der Waals surface area contributed by atoms with Gasteiger partial charge in [0.25, 0.3) is 0 Å². The van der Waals surface area contributed by atoms with Gasteiger partial charge in [0.1, 0.15) is 6.04 Å². The number of piperidine rings is 2. The molecule has 1 unspecified atom stereocenters. The summed E-state index contributed by atoms with van der Waals surface area (Å²) >= 11 is 0. The number of aryl methyl sites for hydroxylation is 1. The largest absolute Gasteiger partial charge is 0.341 e. The zero-order chi connectivity index (χ0) is 30.8. The fraction of sp³-hybridized carbons (Fsp3) is 0.515.